The zero-order valence-electron chi connectivity index (χ0n) is 10.3. The number of hydrogen-bond donors (Lipinski definition) is 0. The molecule has 0 N–H and O–H groups in total. The van der Waals surface area contributed by atoms with Crippen molar-refractivity contribution in [2.75, 3.05) is 19.6 Å². The Labute approximate surface area is 106 Å². The van der Waals surface area contributed by atoms with E-state index in [9.17, 15) is 13.2 Å². The summed E-state index contributed by atoms with van der Waals surface area (Å²) in [4.78, 5) is 2.34. The zero-order valence-corrected chi connectivity index (χ0v) is 10.3. The molecule has 0 amide bonds. The van der Waals surface area contributed by atoms with Gasteiger partial charge in [0.05, 0.1) is 5.56 Å². The summed E-state index contributed by atoms with van der Waals surface area (Å²) in [5.74, 6) is 0. The lowest BCUT2D eigenvalue weighted by Gasteiger charge is -2.26. The van der Waals surface area contributed by atoms with Gasteiger partial charge in [-0.1, -0.05) is 24.6 Å². The van der Waals surface area contributed by atoms with Crippen LogP contribution in [0.25, 0.3) is 0 Å². The Morgan fingerprint density at radius 3 is 2.44 bits per heavy atom. The molecular formula is C14H18F3N. The Bertz CT molecular complexity index is 381. The molecule has 0 saturated carbocycles. The Morgan fingerprint density at radius 2 is 1.78 bits per heavy atom. The van der Waals surface area contributed by atoms with Crippen LogP contribution in [0.5, 0.6) is 0 Å². The van der Waals surface area contributed by atoms with Gasteiger partial charge in [-0.15, -0.1) is 0 Å². The molecule has 1 aliphatic heterocycles. The normalized spacial score (nSPS) is 17.9. The van der Waals surface area contributed by atoms with E-state index < -0.39 is 11.7 Å². The largest absolute Gasteiger partial charge is 0.416 e. The van der Waals surface area contributed by atoms with E-state index in [-0.39, 0.29) is 0 Å². The molecule has 1 heterocycles. The first-order valence-corrected chi connectivity index (χ1v) is 6.44. The summed E-state index contributed by atoms with van der Waals surface area (Å²) in [5.41, 5.74) is 0.231. The van der Waals surface area contributed by atoms with Crippen LogP contribution >= 0.6 is 0 Å². The summed E-state index contributed by atoms with van der Waals surface area (Å²) >= 11 is 0. The summed E-state index contributed by atoms with van der Waals surface area (Å²) in [5, 5.41) is 0. The molecule has 0 unspecified atom stereocenters. The van der Waals surface area contributed by atoms with Crippen molar-refractivity contribution in [2.24, 2.45) is 0 Å². The molecular weight excluding hydrogens is 239 g/mol. The van der Waals surface area contributed by atoms with E-state index in [4.69, 9.17) is 0 Å². The van der Waals surface area contributed by atoms with Gasteiger partial charge < -0.3 is 4.90 Å². The van der Waals surface area contributed by atoms with Crippen molar-refractivity contribution < 1.29 is 13.2 Å². The first-order chi connectivity index (χ1) is 8.55. The summed E-state index contributed by atoms with van der Waals surface area (Å²) in [7, 11) is 0. The standard InChI is InChI=1S/C14H18F3N/c15-14(16,17)13-6-4-5-12(11-13)7-10-18-8-2-1-3-9-18/h4-6,11H,1-3,7-10H2. The van der Waals surface area contributed by atoms with Crippen molar-refractivity contribution in [1.82, 2.24) is 4.90 Å². The average molecular weight is 257 g/mol. The van der Waals surface area contributed by atoms with Crippen LogP contribution in [0.15, 0.2) is 24.3 Å². The monoisotopic (exact) mass is 257 g/mol. The van der Waals surface area contributed by atoms with Gasteiger partial charge in [0, 0.05) is 6.54 Å². The lowest BCUT2D eigenvalue weighted by atomic mass is 10.1. The van der Waals surface area contributed by atoms with Crippen molar-refractivity contribution in [3.8, 4) is 0 Å². The minimum atomic E-state index is -4.23. The molecule has 100 valence electrons. The van der Waals surface area contributed by atoms with Gasteiger partial charge in [0.25, 0.3) is 0 Å². The molecule has 18 heavy (non-hydrogen) atoms. The predicted octanol–water partition coefficient (Wildman–Crippen LogP) is 3.73. The van der Waals surface area contributed by atoms with Gasteiger partial charge in [0.2, 0.25) is 0 Å². The van der Waals surface area contributed by atoms with Gasteiger partial charge in [-0.3, -0.25) is 0 Å². The van der Waals surface area contributed by atoms with Gasteiger partial charge in [-0.25, -0.2) is 0 Å². The fourth-order valence-electron chi connectivity index (χ4n) is 2.37. The predicted molar refractivity (Wildman–Crippen MR) is 65.4 cm³/mol. The highest BCUT2D eigenvalue weighted by molar-refractivity contribution is 5.25. The van der Waals surface area contributed by atoms with Crippen molar-refractivity contribution in [2.45, 2.75) is 31.9 Å². The Morgan fingerprint density at radius 1 is 1.06 bits per heavy atom. The summed E-state index contributed by atoms with van der Waals surface area (Å²) in [6.45, 7) is 3.03. The van der Waals surface area contributed by atoms with E-state index in [1.807, 2.05) is 0 Å². The number of alkyl halides is 3. The topological polar surface area (TPSA) is 3.24 Å². The van der Waals surface area contributed by atoms with E-state index >= 15 is 0 Å². The van der Waals surface area contributed by atoms with Gasteiger partial charge in [0.15, 0.2) is 0 Å². The minimum absolute atomic E-state index is 0.543. The average Bonchev–Trinajstić information content (AvgIpc) is 2.37. The molecule has 2 rings (SSSR count). The van der Waals surface area contributed by atoms with E-state index in [1.165, 1.54) is 31.4 Å². The first-order valence-electron chi connectivity index (χ1n) is 6.44. The van der Waals surface area contributed by atoms with Crippen LogP contribution in [0.1, 0.15) is 30.4 Å². The van der Waals surface area contributed by atoms with Crippen molar-refractivity contribution >= 4 is 0 Å². The summed E-state index contributed by atoms with van der Waals surface area (Å²) < 4.78 is 37.7. The second kappa shape index (κ2) is 5.74. The molecule has 0 atom stereocenters. The van der Waals surface area contributed by atoms with Crippen LogP contribution in [-0.2, 0) is 12.6 Å². The van der Waals surface area contributed by atoms with Crippen LogP contribution < -0.4 is 0 Å². The third-order valence-electron chi connectivity index (χ3n) is 3.42. The second-order valence-corrected chi connectivity index (χ2v) is 4.85. The minimum Gasteiger partial charge on any atom is -0.303 e. The van der Waals surface area contributed by atoms with Gasteiger partial charge >= 0.3 is 6.18 Å². The summed E-state index contributed by atoms with van der Waals surface area (Å²) in [6.07, 6.45) is 0.163. The number of piperidine rings is 1. The molecule has 1 aromatic carbocycles. The molecule has 1 fully saturated rings. The molecule has 0 radical (unpaired) electrons. The number of benzene rings is 1. The maximum atomic E-state index is 12.6. The first kappa shape index (κ1) is 13.4. The van der Waals surface area contributed by atoms with Crippen LogP contribution in [0.4, 0.5) is 13.2 Å². The highest BCUT2D eigenvalue weighted by Gasteiger charge is 2.30. The van der Waals surface area contributed by atoms with E-state index in [0.717, 1.165) is 31.3 Å². The van der Waals surface area contributed by atoms with Gasteiger partial charge in [-0.05, 0) is 44.0 Å². The maximum Gasteiger partial charge on any atom is 0.416 e. The third-order valence-corrected chi connectivity index (χ3v) is 3.42. The lowest BCUT2D eigenvalue weighted by Crippen LogP contribution is -2.31. The SMILES string of the molecule is FC(F)(F)c1cccc(CCN2CCCCC2)c1. The molecule has 1 aliphatic rings. The molecule has 1 nitrogen and oxygen atoms in total. The molecule has 0 spiro atoms. The quantitative estimate of drug-likeness (QED) is 0.797. The maximum absolute atomic E-state index is 12.6. The van der Waals surface area contributed by atoms with Crippen LogP contribution in [0.2, 0.25) is 0 Å². The van der Waals surface area contributed by atoms with Crippen molar-refractivity contribution in [3.05, 3.63) is 35.4 Å². The zero-order chi connectivity index (χ0) is 13.0. The fraction of sp³-hybridized carbons (Fsp3) is 0.571. The van der Waals surface area contributed by atoms with Crippen LogP contribution in [-0.4, -0.2) is 24.5 Å². The van der Waals surface area contributed by atoms with Crippen LogP contribution in [0.3, 0.4) is 0 Å². The number of rotatable bonds is 3. The number of hydrogen-bond acceptors (Lipinski definition) is 1. The van der Waals surface area contributed by atoms with Crippen LogP contribution in [0, 0.1) is 0 Å². The lowest BCUT2D eigenvalue weighted by molar-refractivity contribution is -0.137. The molecule has 1 aromatic rings. The molecule has 0 bridgehead atoms. The molecule has 1 saturated heterocycles. The highest BCUT2D eigenvalue weighted by Crippen LogP contribution is 2.29. The fourth-order valence-corrected chi connectivity index (χ4v) is 2.37. The Balaban J connectivity index is 1.92. The molecule has 0 aliphatic carbocycles. The van der Waals surface area contributed by atoms with E-state index in [1.54, 1.807) is 6.07 Å². The van der Waals surface area contributed by atoms with E-state index in [2.05, 4.69) is 4.90 Å². The smallest absolute Gasteiger partial charge is 0.303 e. The van der Waals surface area contributed by atoms with Crippen molar-refractivity contribution in [1.29, 1.82) is 0 Å². The second-order valence-electron chi connectivity index (χ2n) is 4.85. The van der Waals surface area contributed by atoms with Gasteiger partial charge in [-0.2, -0.15) is 13.2 Å². The van der Waals surface area contributed by atoms with E-state index in [0.29, 0.717) is 6.42 Å². The summed E-state index contributed by atoms with van der Waals surface area (Å²) in [6, 6.07) is 5.67. The number of halogens is 3. The molecule has 4 heteroatoms. The Hall–Kier alpha value is -1.03. The Kier molecular flexibility index (Phi) is 4.27. The van der Waals surface area contributed by atoms with Gasteiger partial charge in [0.1, 0.15) is 0 Å². The number of likely N-dealkylation sites (tertiary alicyclic amines) is 1. The molecule has 0 aromatic heterocycles. The highest BCUT2D eigenvalue weighted by atomic mass is 19.4. The van der Waals surface area contributed by atoms with Crippen molar-refractivity contribution in [3.63, 3.8) is 0 Å². The number of nitrogens with zero attached hydrogens (tertiary/aromatic N) is 1. The third kappa shape index (κ3) is 3.73.